The largest absolute Gasteiger partial charge is 0.392 e. The summed E-state index contributed by atoms with van der Waals surface area (Å²) in [5, 5.41) is 9.25. The number of sulfonamides is 1. The molecule has 4 nitrogen and oxygen atoms in total. The molecule has 0 aromatic heterocycles. The monoisotopic (exact) mass is 305 g/mol. The van der Waals surface area contributed by atoms with Crippen molar-refractivity contribution in [3.8, 4) is 0 Å². The molecule has 0 aliphatic carbocycles. The van der Waals surface area contributed by atoms with Crippen molar-refractivity contribution in [2.45, 2.75) is 31.8 Å². The molecule has 0 spiro atoms. The zero-order valence-corrected chi connectivity index (χ0v) is 12.9. The molecular formula is C16H19NO3S. The van der Waals surface area contributed by atoms with Gasteiger partial charge in [-0.25, -0.2) is 8.42 Å². The summed E-state index contributed by atoms with van der Waals surface area (Å²) < 4.78 is 27.6. The van der Waals surface area contributed by atoms with Gasteiger partial charge in [-0.15, -0.1) is 0 Å². The van der Waals surface area contributed by atoms with E-state index in [0.29, 0.717) is 16.8 Å². The Balaban J connectivity index is 2.38. The first-order chi connectivity index (χ1) is 9.97. The van der Waals surface area contributed by atoms with Gasteiger partial charge in [0.15, 0.2) is 0 Å². The van der Waals surface area contributed by atoms with Crippen LogP contribution in [0.1, 0.15) is 23.6 Å². The highest BCUT2D eigenvalue weighted by Crippen LogP contribution is 2.22. The number of aliphatic hydroxyl groups excluding tert-OH is 1. The van der Waals surface area contributed by atoms with E-state index in [-0.39, 0.29) is 11.5 Å². The third kappa shape index (κ3) is 3.43. The van der Waals surface area contributed by atoms with E-state index in [1.807, 2.05) is 25.1 Å². The van der Waals surface area contributed by atoms with Gasteiger partial charge in [0.05, 0.1) is 11.5 Å². The zero-order valence-electron chi connectivity index (χ0n) is 12.1. The van der Waals surface area contributed by atoms with E-state index < -0.39 is 10.0 Å². The van der Waals surface area contributed by atoms with E-state index in [4.69, 9.17) is 0 Å². The molecule has 0 atom stereocenters. The molecule has 0 unspecified atom stereocenters. The van der Waals surface area contributed by atoms with Crippen LogP contribution in [0.15, 0.2) is 47.4 Å². The lowest BCUT2D eigenvalue weighted by molar-refractivity contribution is 0.280. The summed E-state index contributed by atoms with van der Waals surface area (Å²) in [7, 11) is -3.66. The number of aryl methyl sites for hydroxylation is 1. The van der Waals surface area contributed by atoms with Crippen LogP contribution in [0.3, 0.4) is 0 Å². The van der Waals surface area contributed by atoms with Crippen molar-refractivity contribution in [2.75, 3.05) is 4.72 Å². The molecule has 21 heavy (non-hydrogen) atoms. The van der Waals surface area contributed by atoms with Gasteiger partial charge >= 0.3 is 0 Å². The van der Waals surface area contributed by atoms with E-state index in [1.54, 1.807) is 31.2 Å². The summed E-state index contributed by atoms with van der Waals surface area (Å²) in [4.78, 5) is 0.191. The van der Waals surface area contributed by atoms with E-state index in [9.17, 15) is 13.5 Å². The Hall–Kier alpha value is -1.85. The second-order valence-electron chi connectivity index (χ2n) is 4.86. The molecule has 0 fully saturated rings. The third-order valence-corrected chi connectivity index (χ3v) is 4.97. The first-order valence-corrected chi connectivity index (χ1v) is 8.27. The summed E-state index contributed by atoms with van der Waals surface area (Å²) in [6.07, 6.45) is 0.842. The number of nitrogens with one attached hydrogen (secondary N) is 1. The number of aliphatic hydroxyl groups is 1. The summed E-state index contributed by atoms with van der Waals surface area (Å²) in [6, 6.07) is 12.2. The highest BCUT2D eigenvalue weighted by molar-refractivity contribution is 7.92. The van der Waals surface area contributed by atoms with Crippen LogP contribution in [0.4, 0.5) is 5.69 Å². The summed E-state index contributed by atoms with van der Waals surface area (Å²) in [5.41, 5.74) is 2.79. The van der Waals surface area contributed by atoms with Crippen molar-refractivity contribution >= 4 is 15.7 Å². The SMILES string of the molecule is CCc1cccc(NS(=O)(=O)c2cccc(CO)c2C)c1. The molecular weight excluding hydrogens is 286 g/mol. The number of rotatable bonds is 5. The summed E-state index contributed by atoms with van der Waals surface area (Å²) in [5.74, 6) is 0. The maximum absolute atomic E-state index is 12.5. The van der Waals surface area contributed by atoms with Crippen molar-refractivity contribution in [3.05, 3.63) is 59.2 Å². The molecule has 0 aliphatic rings. The maximum Gasteiger partial charge on any atom is 0.262 e. The van der Waals surface area contributed by atoms with Crippen molar-refractivity contribution in [2.24, 2.45) is 0 Å². The summed E-state index contributed by atoms with van der Waals surface area (Å²) >= 11 is 0. The minimum absolute atomic E-state index is 0.180. The van der Waals surface area contributed by atoms with Gasteiger partial charge in [-0.3, -0.25) is 4.72 Å². The van der Waals surface area contributed by atoms with Gasteiger partial charge in [-0.05, 0) is 48.2 Å². The predicted octanol–water partition coefficient (Wildman–Crippen LogP) is 2.85. The Bertz CT molecular complexity index is 739. The Kier molecular flexibility index (Phi) is 4.65. The molecule has 0 heterocycles. The van der Waals surface area contributed by atoms with Crippen molar-refractivity contribution in [1.82, 2.24) is 0 Å². The van der Waals surface area contributed by atoms with Crippen molar-refractivity contribution in [1.29, 1.82) is 0 Å². The molecule has 2 rings (SSSR count). The highest BCUT2D eigenvalue weighted by atomic mass is 32.2. The maximum atomic E-state index is 12.5. The third-order valence-electron chi connectivity index (χ3n) is 3.44. The van der Waals surface area contributed by atoms with Crippen molar-refractivity contribution < 1.29 is 13.5 Å². The number of benzene rings is 2. The second-order valence-corrected chi connectivity index (χ2v) is 6.51. The Labute approximate surface area is 125 Å². The zero-order chi connectivity index (χ0) is 15.5. The van der Waals surface area contributed by atoms with Crippen LogP contribution in [0.25, 0.3) is 0 Å². The van der Waals surface area contributed by atoms with Crippen molar-refractivity contribution in [3.63, 3.8) is 0 Å². The smallest absolute Gasteiger partial charge is 0.262 e. The second kappa shape index (κ2) is 6.28. The molecule has 0 saturated heterocycles. The topological polar surface area (TPSA) is 66.4 Å². The Morgan fingerprint density at radius 2 is 1.86 bits per heavy atom. The molecule has 0 aliphatic heterocycles. The normalized spacial score (nSPS) is 11.4. The molecule has 2 aromatic carbocycles. The molecule has 2 N–H and O–H groups in total. The molecule has 0 bridgehead atoms. The quantitative estimate of drug-likeness (QED) is 0.892. The molecule has 0 radical (unpaired) electrons. The number of hydrogen-bond acceptors (Lipinski definition) is 3. The lowest BCUT2D eigenvalue weighted by Crippen LogP contribution is -2.15. The van der Waals surface area contributed by atoms with E-state index in [2.05, 4.69) is 4.72 Å². The van der Waals surface area contributed by atoms with Gasteiger partial charge in [-0.1, -0.05) is 31.2 Å². The van der Waals surface area contributed by atoms with Crippen LogP contribution >= 0.6 is 0 Å². The van der Waals surface area contributed by atoms with E-state index in [0.717, 1.165) is 12.0 Å². The molecule has 112 valence electrons. The van der Waals surface area contributed by atoms with Crippen LogP contribution in [-0.4, -0.2) is 13.5 Å². The van der Waals surface area contributed by atoms with Crippen LogP contribution < -0.4 is 4.72 Å². The average Bonchev–Trinajstić information content (AvgIpc) is 2.47. The van der Waals surface area contributed by atoms with Gasteiger partial charge < -0.3 is 5.11 Å². The molecule has 5 heteroatoms. The Morgan fingerprint density at radius 3 is 2.52 bits per heavy atom. The van der Waals surface area contributed by atoms with E-state index in [1.165, 1.54) is 0 Å². The number of anilines is 1. The lowest BCUT2D eigenvalue weighted by Gasteiger charge is -2.13. The van der Waals surface area contributed by atoms with Crippen LogP contribution in [0.5, 0.6) is 0 Å². The van der Waals surface area contributed by atoms with E-state index >= 15 is 0 Å². The fraction of sp³-hybridized carbons (Fsp3) is 0.250. The minimum atomic E-state index is -3.66. The van der Waals surface area contributed by atoms with Crippen LogP contribution in [-0.2, 0) is 23.1 Å². The van der Waals surface area contributed by atoms with Gasteiger partial charge in [0.1, 0.15) is 0 Å². The molecule has 0 amide bonds. The minimum Gasteiger partial charge on any atom is -0.392 e. The van der Waals surface area contributed by atoms with Crippen LogP contribution in [0, 0.1) is 6.92 Å². The number of hydrogen-bond donors (Lipinski definition) is 2. The fourth-order valence-corrected chi connectivity index (χ4v) is 3.53. The van der Waals surface area contributed by atoms with Gasteiger partial charge in [-0.2, -0.15) is 0 Å². The van der Waals surface area contributed by atoms with Gasteiger partial charge in [0.2, 0.25) is 0 Å². The average molecular weight is 305 g/mol. The molecule has 0 saturated carbocycles. The standard InChI is InChI=1S/C16H19NO3S/c1-3-13-6-4-8-15(10-13)17-21(19,20)16-9-5-7-14(11-18)12(16)2/h4-10,17-18H,3,11H2,1-2H3. The van der Waals surface area contributed by atoms with Gasteiger partial charge in [0, 0.05) is 5.69 Å². The predicted molar refractivity (Wildman–Crippen MR) is 83.7 cm³/mol. The first-order valence-electron chi connectivity index (χ1n) is 6.79. The molecule has 2 aromatic rings. The lowest BCUT2D eigenvalue weighted by atomic mass is 10.1. The fourth-order valence-electron chi connectivity index (χ4n) is 2.19. The first kappa shape index (κ1) is 15.5. The van der Waals surface area contributed by atoms with Gasteiger partial charge in [0.25, 0.3) is 10.0 Å². The highest BCUT2D eigenvalue weighted by Gasteiger charge is 2.18. The Morgan fingerprint density at radius 1 is 1.14 bits per heavy atom. The van der Waals surface area contributed by atoms with Crippen LogP contribution in [0.2, 0.25) is 0 Å². The summed E-state index contributed by atoms with van der Waals surface area (Å²) in [6.45, 7) is 3.53.